The molecule has 0 spiro atoms. The van der Waals surface area contributed by atoms with Crippen LogP contribution >= 0.6 is 23.5 Å². The van der Waals surface area contributed by atoms with Crippen molar-refractivity contribution in [1.29, 1.82) is 0 Å². The van der Waals surface area contributed by atoms with E-state index in [0.717, 1.165) is 16.0 Å². The van der Waals surface area contributed by atoms with Crippen molar-refractivity contribution in [1.82, 2.24) is 0 Å². The fourth-order valence-electron chi connectivity index (χ4n) is 2.58. The van der Waals surface area contributed by atoms with Gasteiger partial charge in [0.25, 0.3) is 0 Å². The van der Waals surface area contributed by atoms with Gasteiger partial charge in [0.2, 0.25) is 0 Å². The van der Waals surface area contributed by atoms with Crippen LogP contribution in [0.25, 0.3) is 5.57 Å². The number of hydrogen-bond acceptors (Lipinski definition) is 4. The fraction of sp³-hybridized carbons (Fsp3) is 0.211. The molecular formula is C19H18FNOS2. The topological polar surface area (TPSA) is 43.1 Å². The maximum atomic E-state index is 13.0. The summed E-state index contributed by atoms with van der Waals surface area (Å²) < 4.78 is 13.0. The van der Waals surface area contributed by atoms with Crippen LogP contribution in [0.2, 0.25) is 0 Å². The number of halogens is 1. The van der Waals surface area contributed by atoms with Crippen molar-refractivity contribution in [2.75, 3.05) is 5.75 Å². The SMILES string of the molecule is CC(F)CSc1cccc(C2=C(N)SC(c3ccccc3)C2=O)c1. The fourth-order valence-corrected chi connectivity index (χ4v) is 4.49. The van der Waals surface area contributed by atoms with Gasteiger partial charge >= 0.3 is 0 Å². The Bertz CT molecular complexity index is 774. The summed E-state index contributed by atoms with van der Waals surface area (Å²) in [6.45, 7) is 1.54. The van der Waals surface area contributed by atoms with E-state index < -0.39 is 6.17 Å². The van der Waals surface area contributed by atoms with E-state index in [0.29, 0.717) is 16.4 Å². The number of benzene rings is 2. The lowest BCUT2D eigenvalue weighted by molar-refractivity contribution is -0.113. The highest BCUT2D eigenvalue weighted by Crippen LogP contribution is 2.46. The van der Waals surface area contributed by atoms with Crippen molar-refractivity contribution in [3.05, 3.63) is 70.8 Å². The van der Waals surface area contributed by atoms with Crippen LogP contribution in [0, 0.1) is 0 Å². The number of ketones is 1. The van der Waals surface area contributed by atoms with Gasteiger partial charge in [-0.3, -0.25) is 4.79 Å². The summed E-state index contributed by atoms with van der Waals surface area (Å²) in [6.07, 6.45) is -0.867. The molecule has 2 nitrogen and oxygen atoms in total. The minimum absolute atomic E-state index is 0.0321. The van der Waals surface area contributed by atoms with Crippen LogP contribution in [-0.4, -0.2) is 17.7 Å². The van der Waals surface area contributed by atoms with Crippen LogP contribution in [0.3, 0.4) is 0 Å². The number of allylic oxidation sites excluding steroid dienone is 1. The third-order valence-corrected chi connectivity index (χ3v) is 6.07. The van der Waals surface area contributed by atoms with Crippen molar-refractivity contribution in [3.63, 3.8) is 0 Å². The maximum Gasteiger partial charge on any atom is 0.183 e. The number of thioether (sulfide) groups is 2. The Morgan fingerprint density at radius 3 is 2.67 bits per heavy atom. The zero-order chi connectivity index (χ0) is 17.1. The van der Waals surface area contributed by atoms with Gasteiger partial charge in [0.05, 0.1) is 15.9 Å². The van der Waals surface area contributed by atoms with Crippen LogP contribution in [-0.2, 0) is 4.79 Å². The number of alkyl halides is 1. The van der Waals surface area contributed by atoms with E-state index in [1.54, 1.807) is 6.92 Å². The highest BCUT2D eigenvalue weighted by Gasteiger charge is 2.34. The van der Waals surface area contributed by atoms with Crippen LogP contribution in [0.15, 0.2) is 64.5 Å². The molecule has 2 aromatic rings. The van der Waals surface area contributed by atoms with Gasteiger partial charge in [0.1, 0.15) is 6.17 Å². The number of carbonyl (C=O) groups excluding carboxylic acids is 1. The molecule has 0 aromatic heterocycles. The standard InChI is InChI=1S/C19H18FNOS2/c1-12(20)11-23-15-9-5-8-14(10-15)16-17(22)18(24-19(16)21)13-6-3-2-4-7-13/h2-10,12,18H,11,21H2,1H3. The molecular weight excluding hydrogens is 341 g/mol. The lowest BCUT2D eigenvalue weighted by atomic mass is 9.98. The van der Waals surface area contributed by atoms with Crippen molar-refractivity contribution < 1.29 is 9.18 Å². The van der Waals surface area contributed by atoms with Crippen LogP contribution in [0.1, 0.15) is 23.3 Å². The average molecular weight is 359 g/mol. The first-order valence-corrected chi connectivity index (χ1v) is 9.55. The molecule has 0 saturated carbocycles. The number of nitrogens with two attached hydrogens (primary N) is 1. The van der Waals surface area contributed by atoms with E-state index in [4.69, 9.17) is 5.73 Å². The summed E-state index contributed by atoms with van der Waals surface area (Å²) in [7, 11) is 0. The normalized spacial score (nSPS) is 18.9. The predicted octanol–water partition coefficient (Wildman–Crippen LogP) is 4.82. The van der Waals surface area contributed by atoms with Crippen molar-refractivity contribution in [2.24, 2.45) is 5.73 Å². The molecule has 0 bridgehead atoms. The highest BCUT2D eigenvalue weighted by molar-refractivity contribution is 8.04. The van der Waals surface area contributed by atoms with E-state index in [-0.39, 0.29) is 11.0 Å². The molecule has 2 aromatic carbocycles. The minimum atomic E-state index is -0.867. The maximum absolute atomic E-state index is 13.0. The second kappa shape index (κ2) is 7.45. The van der Waals surface area contributed by atoms with Crippen molar-refractivity contribution in [2.45, 2.75) is 23.2 Å². The smallest absolute Gasteiger partial charge is 0.183 e. The number of rotatable bonds is 5. The number of hydrogen-bond donors (Lipinski definition) is 1. The van der Waals surface area contributed by atoms with E-state index in [9.17, 15) is 9.18 Å². The molecule has 5 heteroatoms. The first-order chi connectivity index (χ1) is 11.6. The van der Waals surface area contributed by atoms with E-state index >= 15 is 0 Å². The van der Waals surface area contributed by atoms with Gasteiger partial charge in [0.15, 0.2) is 5.78 Å². The number of Topliss-reactive ketones (excluding diaryl/α,β-unsaturated/α-hetero) is 1. The Kier molecular flexibility index (Phi) is 5.31. The molecule has 2 N–H and O–H groups in total. The molecule has 1 aliphatic heterocycles. The minimum Gasteiger partial charge on any atom is -0.393 e. The van der Waals surface area contributed by atoms with Crippen molar-refractivity contribution in [3.8, 4) is 0 Å². The Balaban J connectivity index is 1.85. The summed E-state index contributed by atoms with van der Waals surface area (Å²) in [6, 6.07) is 17.3. The zero-order valence-corrected chi connectivity index (χ0v) is 14.9. The molecule has 1 aliphatic rings. The zero-order valence-electron chi connectivity index (χ0n) is 13.2. The second-order valence-corrected chi connectivity index (χ2v) is 7.87. The monoisotopic (exact) mass is 359 g/mol. The third-order valence-electron chi connectivity index (χ3n) is 3.68. The van der Waals surface area contributed by atoms with Crippen LogP contribution < -0.4 is 5.73 Å². The number of carbonyl (C=O) groups is 1. The van der Waals surface area contributed by atoms with Gasteiger partial charge in [-0.05, 0) is 30.2 Å². The van der Waals surface area contributed by atoms with Crippen molar-refractivity contribution >= 4 is 34.9 Å². The molecule has 2 atom stereocenters. The lowest BCUT2D eigenvalue weighted by Gasteiger charge is -2.09. The van der Waals surface area contributed by atoms with Gasteiger partial charge in [0, 0.05) is 10.6 Å². The second-order valence-electron chi connectivity index (χ2n) is 5.63. The molecule has 1 heterocycles. The quantitative estimate of drug-likeness (QED) is 0.777. The van der Waals surface area contributed by atoms with E-state index in [2.05, 4.69) is 0 Å². The van der Waals surface area contributed by atoms with Crippen LogP contribution in [0.4, 0.5) is 4.39 Å². The van der Waals surface area contributed by atoms with Crippen LogP contribution in [0.5, 0.6) is 0 Å². The van der Waals surface area contributed by atoms with Gasteiger partial charge in [-0.2, -0.15) is 0 Å². The molecule has 2 unspecified atom stereocenters. The van der Waals surface area contributed by atoms with Gasteiger partial charge < -0.3 is 5.73 Å². The first kappa shape index (κ1) is 17.1. The summed E-state index contributed by atoms with van der Waals surface area (Å²) in [5, 5.41) is 0.262. The van der Waals surface area contributed by atoms with E-state index in [1.807, 2.05) is 54.6 Å². The third kappa shape index (κ3) is 3.68. The van der Waals surface area contributed by atoms with Gasteiger partial charge in [-0.25, -0.2) is 4.39 Å². The van der Waals surface area contributed by atoms with Gasteiger partial charge in [-0.1, -0.05) is 54.2 Å². The summed E-state index contributed by atoms with van der Waals surface area (Å²) in [5.41, 5.74) is 8.50. The Labute approximate surface area is 149 Å². The molecule has 24 heavy (non-hydrogen) atoms. The predicted molar refractivity (Wildman–Crippen MR) is 101 cm³/mol. The molecule has 124 valence electrons. The average Bonchev–Trinajstić information content (AvgIpc) is 2.88. The summed E-state index contributed by atoms with van der Waals surface area (Å²) >= 11 is 2.84. The molecule has 0 saturated heterocycles. The molecule has 3 rings (SSSR count). The highest BCUT2D eigenvalue weighted by atomic mass is 32.2. The van der Waals surface area contributed by atoms with E-state index in [1.165, 1.54) is 23.5 Å². The summed E-state index contributed by atoms with van der Waals surface area (Å²) in [5.74, 6) is 0.428. The molecule has 0 aliphatic carbocycles. The summed E-state index contributed by atoms with van der Waals surface area (Å²) in [4.78, 5) is 13.8. The first-order valence-electron chi connectivity index (χ1n) is 7.69. The Hall–Kier alpha value is -1.72. The Morgan fingerprint density at radius 1 is 1.21 bits per heavy atom. The molecule has 0 radical (unpaired) electrons. The lowest BCUT2D eigenvalue weighted by Crippen LogP contribution is -2.06. The van der Waals surface area contributed by atoms with Gasteiger partial charge in [-0.15, -0.1) is 11.8 Å². The largest absolute Gasteiger partial charge is 0.393 e. The molecule has 0 fully saturated rings. The molecule has 0 amide bonds. The Morgan fingerprint density at radius 2 is 1.96 bits per heavy atom.